The van der Waals surface area contributed by atoms with Gasteiger partial charge in [0.1, 0.15) is 0 Å². The van der Waals surface area contributed by atoms with Crippen molar-refractivity contribution >= 4 is 5.97 Å². The van der Waals surface area contributed by atoms with Gasteiger partial charge in [-0.05, 0) is 0 Å². The zero-order chi connectivity index (χ0) is 16.7. The number of carbonyl (C=O) groups is 1. The minimum atomic E-state index is -6.46. The molecule has 2 atom stereocenters. The van der Waals surface area contributed by atoms with Crippen molar-refractivity contribution in [3.8, 4) is 0 Å². The van der Waals surface area contributed by atoms with Gasteiger partial charge in [-0.25, -0.2) is 4.79 Å². The maximum absolute atomic E-state index is 14.0. The number of halogens is 8. The summed E-state index contributed by atoms with van der Waals surface area (Å²) in [6.45, 7) is 0.268. The molecule has 1 saturated carbocycles. The fraction of sp³-hybridized carbons (Fsp3) is 0.889. The summed E-state index contributed by atoms with van der Waals surface area (Å²) in [6, 6.07) is 0. The molecule has 0 aromatic rings. The van der Waals surface area contributed by atoms with Gasteiger partial charge in [-0.15, -0.1) is 0 Å². The Bertz CT molecular complexity index is 476. The standard InChI is InChI=1S/C9H6F8O4/c1-4(3(18)19-2)20-8(16)6(12,13)5(10,11)7(14,15)9(8,17)21-4/h1-2H3. The first-order chi connectivity index (χ1) is 9.15. The molecule has 0 N–H and O–H groups in total. The van der Waals surface area contributed by atoms with E-state index in [0.29, 0.717) is 7.11 Å². The number of hydrogen-bond acceptors (Lipinski definition) is 4. The molecule has 0 spiro atoms. The summed E-state index contributed by atoms with van der Waals surface area (Å²) < 4.78 is 118. The van der Waals surface area contributed by atoms with Crippen molar-refractivity contribution in [2.45, 2.75) is 42.2 Å². The largest absolute Gasteiger partial charge is 0.465 e. The van der Waals surface area contributed by atoms with Crippen LogP contribution >= 0.6 is 0 Å². The molecule has 122 valence electrons. The molecule has 21 heavy (non-hydrogen) atoms. The minimum Gasteiger partial charge on any atom is -0.465 e. The number of hydrogen-bond donors (Lipinski definition) is 0. The molecule has 1 saturated heterocycles. The molecular formula is C9H6F8O4. The Hall–Kier alpha value is -1.17. The third kappa shape index (κ3) is 1.31. The van der Waals surface area contributed by atoms with Crippen molar-refractivity contribution in [1.29, 1.82) is 0 Å². The SMILES string of the molecule is COC(=O)C1(C)OC2(F)C(F)(F)C(F)(F)C(F)(F)C2(F)O1. The predicted octanol–water partition coefficient (Wildman–Crippen LogP) is 2.17. The second kappa shape index (κ2) is 3.59. The van der Waals surface area contributed by atoms with Crippen LogP contribution in [0, 0.1) is 0 Å². The normalized spacial score (nSPS) is 46.2. The highest BCUT2D eigenvalue weighted by molar-refractivity contribution is 5.78. The fourth-order valence-corrected chi connectivity index (χ4v) is 2.09. The molecule has 2 aliphatic rings. The molecule has 1 aliphatic heterocycles. The zero-order valence-corrected chi connectivity index (χ0v) is 10.2. The first kappa shape index (κ1) is 16.2. The van der Waals surface area contributed by atoms with E-state index in [-0.39, 0.29) is 6.92 Å². The monoisotopic (exact) mass is 330 g/mol. The second-order valence-corrected chi connectivity index (χ2v) is 4.56. The number of ether oxygens (including phenoxy) is 3. The lowest BCUT2D eigenvalue weighted by atomic mass is 10.1. The summed E-state index contributed by atoms with van der Waals surface area (Å²) >= 11 is 0. The summed E-state index contributed by atoms with van der Waals surface area (Å²) in [5.74, 6) is -35.6. The van der Waals surface area contributed by atoms with Crippen LogP contribution in [0.25, 0.3) is 0 Å². The second-order valence-electron chi connectivity index (χ2n) is 4.56. The molecule has 2 unspecified atom stereocenters. The number of fused-ring (bicyclic) bond motifs is 1. The van der Waals surface area contributed by atoms with Crippen LogP contribution in [0.2, 0.25) is 0 Å². The molecule has 0 aromatic heterocycles. The molecule has 0 bridgehead atoms. The Morgan fingerprint density at radius 2 is 1.14 bits per heavy atom. The van der Waals surface area contributed by atoms with Crippen LogP contribution in [0.5, 0.6) is 0 Å². The van der Waals surface area contributed by atoms with Gasteiger partial charge < -0.3 is 4.74 Å². The van der Waals surface area contributed by atoms with Gasteiger partial charge in [-0.2, -0.15) is 35.1 Å². The summed E-state index contributed by atoms with van der Waals surface area (Å²) in [5.41, 5.74) is 0. The Balaban J connectivity index is 2.67. The lowest BCUT2D eigenvalue weighted by Crippen LogP contribution is -2.56. The molecule has 0 aromatic carbocycles. The highest BCUT2D eigenvalue weighted by Crippen LogP contribution is 2.72. The van der Waals surface area contributed by atoms with Crippen molar-refractivity contribution in [1.82, 2.24) is 0 Å². The highest BCUT2D eigenvalue weighted by atomic mass is 19.4. The Kier molecular flexibility index (Phi) is 2.77. The van der Waals surface area contributed by atoms with E-state index in [1.165, 1.54) is 0 Å². The molecule has 0 radical (unpaired) electrons. The number of alkyl halides is 8. The maximum atomic E-state index is 14.0. The molecule has 1 heterocycles. The van der Waals surface area contributed by atoms with Crippen molar-refractivity contribution in [2.75, 3.05) is 7.11 Å². The van der Waals surface area contributed by atoms with Crippen LogP contribution < -0.4 is 0 Å². The number of esters is 1. The van der Waals surface area contributed by atoms with Gasteiger partial charge in [0.15, 0.2) is 0 Å². The quantitative estimate of drug-likeness (QED) is 0.546. The van der Waals surface area contributed by atoms with E-state index < -0.39 is 41.2 Å². The summed E-state index contributed by atoms with van der Waals surface area (Å²) in [5, 5.41) is 0. The van der Waals surface area contributed by atoms with Gasteiger partial charge in [0, 0.05) is 6.92 Å². The van der Waals surface area contributed by atoms with Gasteiger partial charge in [0.05, 0.1) is 7.11 Å². The smallest absolute Gasteiger partial charge is 0.384 e. The molecule has 2 rings (SSSR count). The fourth-order valence-electron chi connectivity index (χ4n) is 2.09. The van der Waals surface area contributed by atoms with E-state index >= 15 is 0 Å². The van der Waals surface area contributed by atoms with E-state index in [4.69, 9.17) is 0 Å². The predicted molar refractivity (Wildman–Crippen MR) is 45.1 cm³/mol. The van der Waals surface area contributed by atoms with Gasteiger partial charge in [0.2, 0.25) is 0 Å². The first-order valence-corrected chi connectivity index (χ1v) is 5.14. The van der Waals surface area contributed by atoms with Crippen LogP contribution in [0.15, 0.2) is 0 Å². The highest BCUT2D eigenvalue weighted by Gasteiger charge is 3.05. The summed E-state index contributed by atoms with van der Waals surface area (Å²) in [6.07, 6.45) is 0. The molecule has 1 aliphatic carbocycles. The average molecular weight is 330 g/mol. The molecule has 0 amide bonds. The zero-order valence-electron chi connectivity index (χ0n) is 10.2. The van der Waals surface area contributed by atoms with Crippen LogP contribution in [0.4, 0.5) is 35.1 Å². The van der Waals surface area contributed by atoms with Crippen molar-refractivity contribution in [3.63, 3.8) is 0 Å². The lowest BCUT2D eigenvalue weighted by molar-refractivity contribution is -0.356. The summed E-state index contributed by atoms with van der Waals surface area (Å²) in [7, 11) is 0.592. The van der Waals surface area contributed by atoms with Crippen molar-refractivity contribution in [2.24, 2.45) is 0 Å². The topological polar surface area (TPSA) is 44.8 Å². The number of rotatable bonds is 1. The van der Waals surface area contributed by atoms with Crippen LogP contribution in [-0.2, 0) is 19.0 Å². The van der Waals surface area contributed by atoms with E-state index in [2.05, 4.69) is 14.2 Å². The Morgan fingerprint density at radius 3 is 1.43 bits per heavy atom. The van der Waals surface area contributed by atoms with Crippen LogP contribution in [-0.4, -0.2) is 48.3 Å². The third-order valence-corrected chi connectivity index (χ3v) is 3.24. The number of methoxy groups -OCH3 is 1. The van der Waals surface area contributed by atoms with Crippen molar-refractivity contribution < 1.29 is 54.1 Å². The van der Waals surface area contributed by atoms with Gasteiger partial charge >= 0.3 is 35.4 Å². The van der Waals surface area contributed by atoms with Crippen molar-refractivity contribution in [3.05, 3.63) is 0 Å². The van der Waals surface area contributed by atoms with Crippen LogP contribution in [0.3, 0.4) is 0 Å². The minimum absolute atomic E-state index is 0.268. The van der Waals surface area contributed by atoms with Crippen LogP contribution in [0.1, 0.15) is 6.92 Å². The van der Waals surface area contributed by atoms with Gasteiger partial charge in [0.25, 0.3) is 5.79 Å². The maximum Gasteiger partial charge on any atom is 0.384 e. The molecule has 4 nitrogen and oxygen atoms in total. The molecular weight excluding hydrogens is 324 g/mol. The molecule has 2 fully saturated rings. The lowest BCUT2D eigenvalue weighted by Gasteiger charge is -2.29. The van der Waals surface area contributed by atoms with Gasteiger partial charge in [-0.3, -0.25) is 9.47 Å². The van der Waals surface area contributed by atoms with E-state index in [9.17, 15) is 39.9 Å². The van der Waals surface area contributed by atoms with E-state index in [1.54, 1.807) is 0 Å². The average Bonchev–Trinajstić information content (AvgIpc) is 2.60. The first-order valence-electron chi connectivity index (χ1n) is 5.14. The number of carbonyl (C=O) groups excluding carboxylic acids is 1. The Labute approximate surface area is 110 Å². The van der Waals surface area contributed by atoms with Gasteiger partial charge in [-0.1, -0.05) is 0 Å². The molecule has 12 heteroatoms. The Morgan fingerprint density at radius 1 is 0.810 bits per heavy atom. The summed E-state index contributed by atoms with van der Waals surface area (Å²) in [4.78, 5) is 11.2. The third-order valence-electron chi connectivity index (χ3n) is 3.24. The van der Waals surface area contributed by atoms with E-state index in [1.807, 2.05) is 0 Å². The van der Waals surface area contributed by atoms with E-state index in [0.717, 1.165) is 0 Å².